The summed E-state index contributed by atoms with van der Waals surface area (Å²) in [5, 5.41) is 12.4. The molecule has 2 aromatic rings. The minimum absolute atomic E-state index is 0.102. The van der Waals surface area contributed by atoms with Crippen LogP contribution in [-0.4, -0.2) is 11.2 Å². The molecule has 1 aromatic carbocycles. The fraction of sp³-hybridized carbons (Fsp3) is 0.444. The molecule has 2 heteroatoms. The van der Waals surface area contributed by atoms with E-state index in [1.165, 1.54) is 10.4 Å². The van der Waals surface area contributed by atoms with Gasteiger partial charge in [0.25, 0.3) is 0 Å². The Balaban J connectivity index is 1.61. The SMILES string of the molecule is OC1CCC(c2ccccc2)CC1CCc1cccs1. The number of thiophene rings is 1. The highest BCUT2D eigenvalue weighted by molar-refractivity contribution is 7.09. The second-order valence-corrected chi connectivity index (χ2v) is 6.90. The number of benzene rings is 1. The van der Waals surface area contributed by atoms with Crippen LogP contribution >= 0.6 is 11.3 Å². The monoisotopic (exact) mass is 286 g/mol. The van der Waals surface area contributed by atoms with Gasteiger partial charge in [-0.15, -0.1) is 11.3 Å². The maximum Gasteiger partial charge on any atom is 0.0569 e. The Morgan fingerprint density at radius 3 is 2.65 bits per heavy atom. The quantitative estimate of drug-likeness (QED) is 0.869. The van der Waals surface area contributed by atoms with E-state index in [4.69, 9.17) is 0 Å². The van der Waals surface area contributed by atoms with Crippen LogP contribution in [0.3, 0.4) is 0 Å². The van der Waals surface area contributed by atoms with Crippen LogP contribution in [-0.2, 0) is 6.42 Å². The molecule has 0 aliphatic heterocycles. The first-order chi connectivity index (χ1) is 9.83. The molecule has 1 fully saturated rings. The molecule has 0 spiro atoms. The fourth-order valence-corrected chi connectivity index (χ4v) is 4.09. The van der Waals surface area contributed by atoms with Crippen LogP contribution in [0.5, 0.6) is 0 Å². The Kier molecular flexibility index (Phi) is 4.54. The van der Waals surface area contributed by atoms with Gasteiger partial charge in [0.2, 0.25) is 0 Å². The molecule has 1 saturated carbocycles. The molecule has 0 saturated heterocycles. The zero-order valence-electron chi connectivity index (χ0n) is 11.7. The molecule has 106 valence electrons. The summed E-state index contributed by atoms with van der Waals surface area (Å²) >= 11 is 1.83. The Morgan fingerprint density at radius 1 is 1.05 bits per heavy atom. The van der Waals surface area contributed by atoms with Crippen LogP contribution in [0, 0.1) is 5.92 Å². The van der Waals surface area contributed by atoms with Crippen molar-refractivity contribution in [3.8, 4) is 0 Å². The zero-order chi connectivity index (χ0) is 13.8. The summed E-state index contributed by atoms with van der Waals surface area (Å²) in [6, 6.07) is 15.1. The molecule has 0 radical (unpaired) electrons. The molecule has 1 aromatic heterocycles. The number of aryl methyl sites for hydroxylation is 1. The number of hydrogen-bond donors (Lipinski definition) is 1. The highest BCUT2D eigenvalue weighted by Crippen LogP contribution is 2.38. The number of aliphatic hydroxyl groups is 1. The topological polar surface area (TPSA) is 20.2 Å². The predicted octanol–water partition coefficient (Wildman–Crippen LogP) is 4.63. The largest absolute Gasteiger partial charge is 0.393 e. The lowest BCUT2D eigenvalue weighted by Gasteiger charge is -2.33. The normalized spacial score (nSPS) is 26.6. The summed E-state index contributed by atoms with van der Waals surface area (Å²) in [5.74, 6) is 1.09. The van der Waals surface area contributed by atoms with Gasteiger partial charge in [-0.2, -0.15) is 0 Å². The van der Waals surface area contributed by atoms with Crippen molar-refractivity contribution in [2.45, 2.75) is 44.1 Å². The van der Waals surface area contributed by atoms with Crippen LogP contribution in [0.15, 0.2) is 47.8 Å². The van der Waals surface area contributed by atoms with E-state index in [2.05, 4.69) is 47.8 Å². The average Bonchev–Trinajstić information content (AvgIpc) is 3.01. The molecule has 1 aliphatic rings. The Labute approximate surface area is 125 Å². The van der Waals surface area contributed by atoms with Gasteiger partial charge in [0.1, 0.15) is 0 Å². The summed E-state index contributed by atoms with van der Waals surface area (Å²) in [4.78, 5) is 1.44. The molecule has 20 heavy (non-hydrogen) atoms. The summed E-state index contributed by atoms with van der Waals surface area (Å²) in [7, 11) is 0. The Bertz CT molecular complexity index is 505. The molecule has 3 atom stereocenters. The number of aliphatic hydroxyl groups excluding tert-OH is 1. The first-order valence-corrected chi connectivity index (χ1v) is 8.46. The van der Waals surface area contributed by atoms with Crippen LogP contribution in [0.25, 0.3) is 0 Å². The summed E-state index contributed by atoms with van der Waals surface area (Å²) < 4.78 is 0. The smallest absolute Gasteiger partial charge is 0.0569 e. The van der Waals surface area contributed by atoms with Gasteiger partial charge < -0.3 is 5.11 Å². The van der Waals surface area contributed by atoms with E-state index >= 15 is 0 Å². The zero-order valence-corrected chi connectivity index (χ0v) is 12.6. The molecule has 3 rings (SSSR count). The third kappa shape index (κ3) is 3.31. The second-order valence-electron chi connectivity index (χ2n) is 5.87. The summed E-state index contributed by atoms with van der Waals surface area (Å²) in [6.45, 7) is 0. The van der Waals surface area contributed by atoms with Crippen molar-refractivity contribution in [1.29, 1.82) is 0 Å². The maximum absolute atomic E-state index is 10.3. The molecule has 0 amide bonds. The van der Waals surface area contributed by atoms with Crippen molar-refractivity contribution in [3.05, 3.63) is 58.3 Å². The van der Waals surface area contributed by atoms with Gasteiger partial charge in [0.15, 0.2) is 0 Å². The lowest BCUT2D eigenvalue weighted by molar-refractivity contribution is 0.0576. The van der Waals surface area contributed by atoms with Gasteiger partial charge in [-0.1, -0.05) is 36.4 Å². The molecule has 1 nitrogen and oxygen atoms in total. The first kappa shape index (κ1) is 13.8. The van der Waals surface area contributed by atoms with Crippen molar-refractivity contribution < 1.29 is 5.11 Å². The first-order valence-electron chi connectivity index (χ1n) is 7.58. The summed E-state index contributed by atoms with van der Waals surface area (Å²) in [6.07, 6.45) is 5.34. The van der Waals surface area contributed by atoms with Crippen LogP contribution in [0.1, 0.15) is 42.0 Å². The Morgan fingerprint density at radius 2 is 1.90 bits per heavy atom. The lowest BCUT2D eigenvalue weighted by atomic mass is 9.75. The van der Waals surface area contributed by atoms with Crippen molar-refractivity contribution in [2.75, 3.05) is 0 Å². The van der Waals surface area contributed by atoms with Crippen molar-refractivity contribution in [2.24, 2.45) is 5.92 Å². The van der Waals surface area contributed by atoms with Crippen molar-refractivity contribution in [1.82, 2.24) is 0 Å². The molecule has 0 bridgehead atoms. The third-order valence-corrected chi connectivity index (χ3v) is 5.49. The predicted molar refractivity (Wildman–Crippen MR) is 85.2 cm³/mol. The van der Waals surface area contributed by atoms with Crippen molar-refractivity contribution >= 4 is 11.3 Å². The maximum atomic E-state index is 10.3. The fourth-order valence-electron chi connectivity index (χ4n) is 3.37. The highest BCUT2D eigenvalue weighted by atomic mass is 32.1. The van der Waals surface area contributed by atoms with E-state index in [1.807, 2.05) is 11.3 Å². The van der Waals surface area contributed by atoms with Crippen LogP contribution < -0.4 is 0 Å². The van der Waals surface area contributed by atoms with E-state index in [9.17, 15) is 5.11 Å². The van der Waals surface area contributed by atoms with Gasteiger partial charge in [0, 0.05) is 4.88 Å². The molecular weight excluding hydrogens is 264 g/mol. The van der Waals surface area contributed by atoms with Gasteiger partial charge in [-0.05, 0) is 60.9 Å². The van der Waals surface area contributed by atoms with Gasteiger partial charge in [0.05, 0.1) is 6.10 Å². The molecular formula is C18H22OS. The van der Waals surface area contributed by atoms with E-state index in [0.717, 1.165) is 32.1 Å². The third-order valence-electron chi connectivity index (χ3n) is 4.55. The van der Waals surface area contributed by atoms with Gasteiger partial charge in [-0.3, -0.25) is 0 Å². The minimum atomic E-state index is -0.102. The van der Waals surface area contributed by atoms with E-state index in [0.29, 0.717) is 11.8 Å². The molecule has 1 aliphatic carbocycles. The van der Waals surface area contributed by atoms with E-state index in [1.54, 1.807) is 0 Å². The second kappa shape index (κ2) is 6.55. The molecule has 1 heterocycles. The van der Waals surface area contributed by atoms with Crippen LogP contribution in [0.2, 0.25) is 0 Å². The molecule has 3 unspecified atom stereocenters. The minimum Gasteiger partial charge on any atom is -0.393 e. The van der Waals surface area contributed by atoms with Crippen LogP contribution in [0.4, 0.5) is 0 Å². The lowest BCUT2D eigenvalue weighted by Crippen LogP contribution is -2.28. The summed E-state index contributed by atoms with van der Waals surface area (Å²) in [5.41, 5.74) is 1.44. The highest BCUT2D eigenvalue weighted by Gasteiger charge is 2.29. The number of rotatable bonds is 4. The Hall–Kier alpha value is -1.12. The standard InChI is InChI=1S/C18H22OS/c19-18-11-9-15(14-5-2-1-3-6-14)13-16(18)8-10-17-7-4-12-20-17/h1-7,12,15-16,18-19H,8-11,13H2. The number of hydrogen-bond acceptors (Lipinski definition) is 2. The van der Waals surface area contributed by atoms with E-state index < -0.39 is 0 Å². The van der Waals surface area contributed by atoms with Gasteiger partial charge >= 0.3 is 0 Å². The molecule has 1 N–H and O–H groups in total. The van der Waals surface area contributed by atoms with Gasteiger partial charge in [-0.25, -0.2) is 0 Å². The van der Waals surface area contributed by atoms with E-state index in [-0.39, 0.29) is 6.10 Å². The van der Waals surface area contributed by atoms with Crippen molar-refractivity contribution in [3.63, 3.8) is 0 Å². The average molecular weight is 286 g/mol.